The van der Waals surface area contributed by atoms with E-state index >= 15 is 0 Å². The predicted molar refractivity (Wildman–Crippen MR) is 217 cm³/mol. The lowest BCUT2D eigenvalue weighted by Crippen LogP contribution is -2.59. The molecule has 2 heteroatoms. The van der Waals surface area contributed by atoms with Crippen LogP contribution in [0.4, 0.5) is 0 Å². The first kappa shape index (κ1) is 41.2. The summed E-state index contributed by atoms with van der Waals surface area (Å²) in [5, 5.41) is 0. The molecule has 1 heterocycles. The highest BCUT2D eigenvalue weighted by molar-refractivity contribution is 5.30. The first-order valence-electron chi connectivity index (χ1n) is 21.6. The quantitative estimate of drug-likeness (QED) is 0.0737. The zero-order chi connectivity index (χ0) is 34.7. The molecule has 0 aliphatic carbocycles. The molecule has 2 nitrogen and oxygen atoms in total. The van der Waals surface area contributed by atoms with E-state index in [1.165, 1.54) is 165 Å². The van der Waals surface area contributed by atoms with Crippen LogP contribution in [0.15, 0.2) is 73.1 Å². The Balaban J connectivity index is 1.57. The summed E-state index contributed by atoms with van der Waals surface area (Å²) in [6.07, 6.45) is 40.8. The second-order valence-electron chi connectivity index (χ2n) is 15.4. The number of hydrogen-bond donors (Lipinski definition) is 0. The van der Waals surface area contributed by atoms with Gasteiger partial charge in [0.1, 0.15) is 5.66 Å². The van der Waals surface area contributed by atoms with Crippen LogP contribution in [0.5, 0.6) is 0 Å². The first-order chi connectivity index (χ1) is 24.3. The van der Waals surface area contributed by atoms with E-state index in [1.807, 2.05) is 0 Å². The third kappa shape index (κ3) is 15.3. The summed E-state index contributed by atoms with van der Waals surface area (Å²) in [7, 11) is 0. The largest absolute Gasteiger partial charge is 0.353 e. The fraction of sp³-hybridized carbons (Fsp3) is 0.702. The second kappa shape index (κ2) is 26.6. The van der Waals surface area contributed by atoms with E-state index in [4.69, 9.17) is 0 Å². The molecule has 0 N–H and O–H groups in total. The highest BCUT2D eigenvalue weighted by Gasteiger charge is 2.49. The molecule has 0 saturated heterocycles. The van der Waals surface area contributed by atoms with Crippen molar-refractivity contribution in [1.29, 1.82) is 0 Å². The minimum Gasteiger partial charge on any atom is -0.353 e. The fourth-order valence-corrected chi connectivity index (χ4v) is 8.50. The van der Waals surface area contributed by atoms with Crippen LogP contribution in [-0.2, 0) is 6.42 Å². The Morgan fingerprint density at radius 2 is 0.776 bits per heavy atom. The molecule has 0 saturated carbocycles. The maximum absolute atomic E-state index is 2.79. The normalized spacial score (nSPS) is 16.6. The Labute approximate surface area is 305 Å². The van der Waals surface area contributed by atoms with Crippen molar-refractivity contribution in [1.82, 2.24) is 9.80 Å². The van der Waals surface area contributed by atoms with Gasteiger partial charge in [0, 0.05) is 37.8 Å². The molecule has 2 aromatic rings. The van der Waals surface area contributed by atoms with Gasteiger partial charge in [0.25, 0.3) is 0 Å². The van der Waals surface area contributed by atoms with Crippen LogP contribution < -0.4 is 0 Å². The molecular weight excluding hydrogens is 593 g/mol. The molecule has 0 radical (unpaired) electrons. The van der Waals surface area contributed by atoms with Gasteiger partial charge >= 0.3 is 0 Å². The molecule has 1 aliphatic heterocycles. The summed E-state index contributed by atoms with van der Waals surface area (Å²) in [6.45, 7) is 9.35. The van der Waals surface area contributed by atoms with Crippen LogP contribution in [0.2, 0.25) is 0 Å². The predicted octanol–water partition coefficient (Wildman–Crippen LogP) is 14.6. The Bertz CT molecular complexity index is 1050. The molecule has 3 rings (SSSR count). The highest BCUT2D eigenvalue weighted by atomic mass is 15.4. The molecule has 2 unspecified atom stereocenters. The van der Waals surface area contributed by atoms with Crippen molar-refractivity contribution in [2.75, 3.05) is 13.1 Å². The summed E-state index contributed by atoms with van der Waals surface area (Å²) in [4.78, 5) is 5.58. The van der Waals surface area contributed by atoms with Gasteiger partial charge in [-0.05, 0) is 30.4 Å². The summed E-state index contributed by atoms with van der Waals surface area (Å²) in [6, 6.07) is 22.8. The Kier molecular flexibility index (Phi) is 22.3. The fourth-order valence-electron chi connectivity index (χ4n) is 8.50. The SMILES string of the molecule is CCCCCCCCCCCCCCCCN1C=CN(CCCCCCCCCCCC)C1(Cc1ccccc1)C(CC)c1ccccc1. The van der Waals surface area contributed by atoms with Crippen molar-refractivity contribution < 1.29 is 0 Å². The number of unbranched alkanes of at least 4 members (excludes halogenated alkanes) is 22. The summed E-state index contributed by atoms with van der Waals surface area (Å²) in [5.41, 5.74) is 2.89. The van der Waals surface area contributed by atoms with Gasteiger partial charge in [-0.3, -0.25) is 0 Å². The molecule has 276 valence electrons. The Hall–Kier alpha value is -2.22. The first-order valence-corrected chi connectivity index (χ1v) is 21.6. The third-order valence-corrected chi connectivity index (χ3v) is 11.4. The maximum Gasteiger partial charge on any atom is 0.123 e. The van der Waals surface area contributed by atoms with Crippen LogP contribution in [-0.4, -0.2) is 28.6 Å². The molecule has 0 spiro atoms. The lowest BCUT2D eigenvalue weighted by molar-refractivity contribution is -0.00378. The van der Waals surface area contributed by atoms with Gasteiger partial charge in [0.15, 0.2) is 0 Å². The van der Waals surface area contributed by atoms with Crippen LogP contribution in [0.3, 0.4) is 0 Å². The molecule has 2 aromatic carbocycles. The van der Waals surface area contributed by atoms with Crippen molar-refractivity contribution in [3.63, 3.8) is 0 Å². The summed E-state index contributed by atoms with van der Waals surface area (Å²) >= 11 is 0. The van der Waals surface area contributed by atoms with E-state index < -0.39 is 0 Å². The number of benzene rings is 2. The van der Waals surface area contributed by atoms with Crippen LogP contribution in [0.1, 0.15) is 198 Å². The standard InChI is InChI=1S/C47H78N2/c1-4-7-9-11-13-15-17-18-19-20-22-24-26-34-40-49-42-41-48(39-33-25-23-21-16-14-12-10-8-5-2)47(49,43-44-35-29-27-30-36-44)46(6-3)45-37-31-28-32-38-45/h27-32,35-38,41-42,46H,4-26,33-34,39-40,43H2,1-3H3. The Morgan fingerprint density at radius 3 is 1.14 bits per heavy atom. The van der Waals surface area contributed by atoms with Crippen molar-refractivity contribution in [2.45, 2.75) is 199 Å². The van der Waals surface area contributed by atoms with E-state index in [-0.39, 0.29) is 5.66 Å². The minimum atomic E-state index is -0.0622. The molecule has 0 fully saturated rings. The van der Waals surface area contributed by atoms with Gasteiger partial charge in [-0.25, -0.2) is 0 Å². The van der Waals surface area contributed by atoms with Gasteiger partial charge in [0.05, 0.1) is 0 Å². The van der Waals surface area contributed by atoms with Crippen molar-refractivity contribution in [2.24, 2.45) is 0 Å². The van der Waals surface area contributed by atoms with Gasteiger partial charge in [0.2, 0.25) is 0 Å². The smallest absolute Gasteiger partial charge is 0.123 e. The summed E-state index contributed by atoms with van der Waals surface area (Å²) in [5.74, 6) is 0.443. The van der Waals surface area contributed by atoms with Gasteiger partial charge in [-0.2, -0.15) is 0 Å². The van der Waals surface area contributed by atoms with Crippen LogP contribution in [0, 0.1) is 0 Å². The van der Waals surface area contributed by atoms with Gasteiger partial charge in [-0.1, -0.05) is 223 Å². The molecular formula is C47H78N2. The molecule has 2 atom stereocenters. The lowest BCUT2D eigenvalue weighted by atomic mass is 9.78. The van der Waals surface area contributed by atoms with Crippen LogP contribution >= 0.6 is 0 Å². The molecule has 1 aliphatic rings. The van der Waals surface area contributed by atoms with Gasteiger partial charge in [-0.15, -0.1) is 0 Å². The zero-order valence-electron chi connectivity index (χ0n) is 32.7. The summed E-state index contributed by atoms with van der Waals surface area (Å²) < 4.78 is 0. The van der Waals surface area contributed by atoms with Crippen molar-refractivity contribution in [3.05, 3.63) is 84.2 Å². The van der Waals surface area contributed by atoms with E-state index in [2.05, 4.69) is 104 Å². The maximum atomic E-state index is 2.79. The average Bonchev–Trinajstić information content (AvgIpc) is 3.46. The number of hydrogen-bond acceptors (Lipinski definition) is 2. The lowest BCUT2D eigenvalue weighted by Gasteiger charge is -2.51. The molecule has 0 bridgehead atoms. The van der Waals surface area contributed by atoms with Crippen molar-refractivity contribution in [3.8, 4) is 0 Å². The van der Waals surface area contributed by atoms with Gasteiger partial charge < -0.3 is 9.80 Å². The topological polar surface area (TPSA) is 6.48 Å². The van der Waals surface area contributed by atoms with Crippen LogP contribution in [0.25, 0.3) is 0 Å². The van der Waals surface area contributed by atoms with E-state index in [9.17, 15) is 0 Å². The highest BCUT2D eigenvalue weighted by Crippen LogP contribution is 2.45. The van der Waals surface area contributed by atoms with E-state index in [1.54, 1.807) is 0 Å². The second-order valence-corrected chi connectivity index (χ2v) is 15.4. The average molecular weight is 671 g/mol. The Morgan fingerprint density at radius 1 is 0.429 bits per heavy atom. The van der Waals surface area contributed by atoms with Crippen molar-refractivity contribution >= 4 is 0 Å². The minimum absolute atomic E-state index is 0.0622. The molecule has 0 amide bonds. The molecule has 0 aromatic heterocycles. The monoisotopic (exact) mass is 671 g/mol. The third-order valence-electron chi connectivity index (χ3n) is 11.4. The number of rotatable bonds is 31. The number of nitrogens with zero attached hydrogens (tertiary/aromatic N) is 2. The molecule has 49 heavy (non-hydrogen) atoms. The van der Waals surface area contributed by atoms with E-state index in [0.717, 1.165) is 25.9 Å². The zero-order valence-corrected chi connectivity index (χ0v) is 32.7. The van der Waals surface area contributed by atoms with E-state index in [0.29, 0.717) is 5.92 Å².